The van der Waals surface area contributed by atoms with Gasteiger partial charge in [0.05, 0.1) is 0 Å². The van der Waals surface area contributed by atoms with Crippen molar-refractivity contribution < 1.29 is 0 Å². The summed E-state index contributed by atoms with van der Waals surface area (Å²) in [5.74, 6) is 0.909. The van der Waals surface area contributed by atoms with E-state index in [1.807, 2.05) is 0 Å². The summed E-state index contributed by atoms with van der Waals surface area (Å²) >= 11 is 0. The van der Waals surface area contributed by atoms with E-state index in [4.69, 9.17) is 5.73 Å². The number of rotatable bonds is 4. The molecule has 3 aliphatic rings. The van der Waals surface area contributed by atoms with E-state index in [2.05, 4.69) is 10.2 Å². The fraction of sp³-hybridized carbons (Fsp3) is 1.00. The highest BCUT2D eigenvalue weighted by Gasteiger charge is 2.34. The predicted octanol–water partition coefficient (Wildman–Crippen LogP) is 1.33. The lowest BCUT2D eigenvalue weighted by Gasteiger charge is -2.28. The van der Waals surface area contributed by atoms with Gasteiger partial charge in [-0.2, -0.15) is 0 Å². The van der Waals surface area contributed by atoms with Crippen molar-refractivity contribution in [2.24, 2.45) is 11.7 Å². The number of hydrogen-bond acceptors (Lipinski definition) is 3. The minimum atomic E-state index is 0.477. The predicted molar refractivity (Wildman–Crippen MR) is 70.9 cm³/mol. The van der Waals surface area contributed by atoms with Crippen LogP contribution in [0.1, 0.15) is 44.9 Å². The van der Waals surface area contributed by atoms with Gasteiger partial charge >= 0.3 is 0 Å². The summed E-state index contributed by atoms with van der Waals surface area (Å²) in [6.07, 6.45) is 9.35. The van der Waals surface area contributed by atoms with Crippen LogP contribution in [-0.2, 0) is 0 Å². The molecule has 1 unspecified atom stereocenters. The van der Waals surface area contributed by atoms with Crippen LogP contribution in [0.3, 0.4) is 0 Å². The zero-order valence-electron chi connectivity index (χ0n) is 10.9. The van der Waals surface area contributed by atoms with E-state index in [0.29, 0.717) is 6.04 Å². The minimum absolute atomic E-state index is 0.477. The molecule has 3 N–H and O–H groups in total. The SMILES string of the molecule is NC1CCC(NCC2CCN(C3CC3)C2)CC1. The smallest absolute Gasteiger partial charge is 0.00965 e. The largest absolute Gasteiger partial charge is 0.328 e. The highest BCUT2D eigenvalue weighted by molar-refractivity contribution is 4.90. The Morgan fingerprint density at radius 3 is 2.47 bits per heavy atom. The molecule has 0 aromatic rings. The Bertz CT molecular complexity index is 244. The average molecular weight is 237 g/mol. The molecule has 17 heavy (non-hydrogen) atoms. The maximum absolute atomic E-state index is 5.94. The lowest BCUT2D eigenvalue weighted by atomic mass is 9.91. The zero-order valence-corrected chi connectivity index (χ0v) is 10.9. The van der Waals surface area contributed by atoms with E-state index < -0.39 is 0 Å². The summed E-state index contributed by atoms with van der Waals surface area (Å²) in [6, 6.07) is 2.20. The summed E-state index contributed by atoms with van der Waals surface area (Å²) in [5.41, 5.74) is 5.94. The van der Waals surface area contributed by atoms with Crippen molar-refractivity contribution in [3.63, 3.8) is 0 Å². The molecule has 3 nitrogen and oxygen atoms in total. The molecule has 98 valence electrons. The Morgan fingerprint density at radius 2 is 1.76 bits per heavy atom. The van der Waals surface area contributed by atoms with Gasteiger partial charge in [-0.15, -0.1) is 0 Å². The lowest BCUT2D eigenvalue weighted by Crippen LogP contribution is -2.39. The van der Waals surface area contributed by atoms with Gasteiger partial charge in [-0.3, -0.25) is 0 Å². The monoisotopic (exact) mass is 237 g/mol. The molecule has 0 radical (unpaired) electrons. The van der Waals surface area contributed by atoms with Crippen LogP contribution in [0.25, 0.3) is 0 Å². The van der Waals surface area contributed by atoms with E-state index in [0.717, 1.165) is 18.0 Å². The lowest BCUT2D eigenvalue weighted by molar-refractivity contribution is 0.296. The van der Waals surface area contributed by atoms with Crippen LogP contribution in [0.15, 0.2) is 0 Å². The fourth-order valence-electron chi connectivity index (χ4n) is 3.46. The van der Waals surface area contributed by atoms with Crippen LogP contribution in [0, 0.1) is 5.92 Å². The van der Waals surface area contributed by atoms with Crippen molar-refractivity contribution in [3.8, 4) is 0 Å². The van der Waals surface area contributed by atoms with Crippen molar-refractivity contribution in [1.29, 1.82) is 0 Å². The third-order valence-corrected chi connectivity index (χ3v) is 4.85. The number of hydrogen-bond donors (Lipinski definition) is 2. The van der Waals surface area contributed by atoms with Crippen LogP contribution in [0.4, 0.5) is 0 Å². The molecule has 1 aliphatic heterocycles. The van der Waals surface area contributed by atoms with Crippen molar-refractivity contribution in [2.75, 3.05) is 19.6 Å². The molecule has 0 aromatic carbocycles. The maximum atomic E-state index is 5.94. The Labute approximate surface area is 105 Å². The van der Waals surface area contributed by atoms with Crippen molar-refractivity contribution >= 4 is 0 Å². The maximum Gasteiger partial charge on any atom is 0.00965 e. The summed E-state index contributed by atoms with van der Waals surface area (Å²) in [4.78, 5) is 2.71. The highest BCUT2D eigenvalue weighted by atomic mass is 15.2. The van der Waals surface area contributed by atoms with E-state index in [-0.39, 0.29) is 0 Å². The standard InChI is InChI=1S/C14H27N3/c15-12-1-3-13(4-2-12)16-9-11-7-8-17(10-11)14-5-6-14/h11-14,16H,1-10,15H2. The second-order valence-corrected chi connectivity index (χ2v) is 6.40. The van der Waals surface area contributed by atoms with Gasteiger partial charge in [0.1, 0.15) is 0 Å². The summed E-state index contributed by atoms with van der Waals surface area (Å²) in [5, 5.41) is 3.78. The molecule has 3 fully saturated rings. The summed E-state index contributed by atoms with van der Waals surface area (Å²) in [7, 11) is 0. The second kappa shape index (κ2) is 5.25. The van der Waals surface area contributed by atoms with Gasteiger partial charge in [-0.25, -0.2) is 0 Å². The molecule has 1 atom stereocenters. The molecule has 3 heteroatoms. The number of nitrogens with zero attached hydrogens (tertiary/aromatic N) is 1. The Morgan fingerprint density at radius 1 is 1.00 bits per heavy atom. The number of nitrogens with two attached hydrogens (primary N) is 1. The quantitative estimate of drug-likeness (QED) is 0.775. The van der Waals surface area contributed by atoms with Gasteiger partial charge in [-0.05, 0) is 64.0 Å². The van der Waals surface area contributed by atoms with E-state index in [9.17, 15) is 0 Å². The molecule has 2 aliphatic carbocycles. The van der Waals surface area contributed by atoms with Crippen LogP contribution in [-0.4, -0.2) is 42.7 Å². The summed E-state index contributed by atoms with van der Waals surface area (Å²) < 4.78 is 0. The average Bonchev–Trinajstić information content (AvgIpc) is 3.09. The topological polar surface area (TPSA) is 41.3 Å². The first-order valence-corrected chi connectivity index (χ1v) is 7.54. The van der Waals surface area contributed by atoms with E-state index in [1.165, 1.54) is 64.6 Å². The van der Waals surface area contributed by atoms with Gasteiger partial charge < -0.3 is 16.0 Å². The normalized spacial score (nSPS) is 39.7. The second-order valence-electron chi connectivity index (χ2n) is 6.40. The molecule has 2 saturated carbocycles. The van der Waals surface area contributed by atoms with Crippen LogP contribution in [0.2, 0.25) is 0 Å². The van der Waals surface area contributed by atoms with Gasteiger partial charge in [0, 0.05) is 24.7 Å². The number of nitrogens with one attached hydrogen (secondary N) is 1. The van der Waals surface area contributed by atoms with Gasteiger partial charge in [0.25, 0.3) is 0 Å². The first-order chi connectivity index (χ1) is 8.31. The molecular weight excluding hydrogens is 210 g/mol. The van der Waals surface area contributed by atoms with E-state index >= 15 is 0 Å². The molecule has 3 rings (SSSR count). The number of likely N-dealkylation sites (tertiary alicyclic amines) is 1. The fourth-order valence-corrected chi connectivity index (χ4v) is 3.46. The molecule has 0 amide bonds. The first kappa shape index (κ1) is 11.9. The Hall–Kier alpha value is -0.120. The van der Waals surface area contributed by atoms with Crippen molar-refractivity contribution in [2.45, 2.75) is 63.1 Å². The molecule has 0 aromatic heterocycles. The molecular formula is C14H27N3. The van der Waals surface area contributed by atoms with Crippen LogP contribution in [0.5, 0.6) is 0 Å². The zero-order chi connectivity index (χ0) is 11.7. The van der Waals surface area contributed by atoms with Crippen LogP contribution < -0.4 is 11.1 Å². The molecule has 1 saturated heterocycles. The minimum Gasteiger partial charge on any atom is -0.328 e. The van der Waals surface area contributed by atoms with E-state index in [1.54, 1.807) is 0 Å². The highest BCUT2D eigenvalue weighted by Crippen LogP contribution is 2.31. The Kier molecular flexibility index (Phi) is 3.69. The van der Waals surface area contributed by atoms with Crippen molar-refractivity contribution in [3.05, 3.63) is 0 Å². The van der Waals surface area contributed by atoms with Gasteiger partial charge in [0.15, 0.2) is 0 Å². The molecule has 0 spiro atoms. The molecule has 1 heterocycles. The summed E-state index contributed by atoms with van der Waals surface area (Å²) in [6.45, 7) is 3.94. The third-order valence-electron chi connectivity index (χ3n) is 4.85. The van der Waals surface area contributed by atoms with Crippen LogP contribution >= 0.6 is 0 Å². The third kappa shape index (κ3) is 3.21. The molecule has 0 bridgehead atoms. The first-order valence-electron chi connectivity index (χ1n) is 7.54. The van der Waals surface area contributed by atoms with Crippen molar-refractivity contribution in [1.82, 2.24) is 10.2 Å². The Balaban J connectivity index is 1.34. The van der Waals surface area contributed by atoms with Gasteiger partial charge in [-0.1, -0.05) is 0 Å². The van der Waals surface area contributed by atoms with Gasteiger partial charge in [0.2, 0.25) is 0 Å².